The number of hydrogen-bond acceptors (Lipinski definition) is 3. The standard InChI is InChI=1S/C13H15NO2/c1-10(16-11(2)15)13(3,9-14)12-7-5-4-6-8-12/h4-8,10H,1-3H3. The molecule has 16 heavy (non-hydrogen) atoms. The average molecular weight is 217 g/mol. The molecule has 0 radical (unpaired) electrons. The Hall–Kier alpha value is -1.82. The van der Waals surface area contributed by atoms with E-state index < -0.39 is 11.5 Å². The van der Waals surface area contributed by atoms with Crippen LogP contribution in [0.2, 0.25) is 0 Å². The van der Waals surface area contributed by atoms with Crippen molar-refractivity contribution in [1.29, 1.82) is 5.26 Å². The van der Waals surface area contributed by atoms with Crippen molar-refractivity contribution >= 4 is 5.97 Å². The molecule has 0 aliphatic heterocycles. The predicted octanol–water partition coefficient (Wildman–Crippen LogP) is 2.42. The number of nitriles is 1. The number of carbonyl (C=O) groups excluding carboxylic acids is 1. The van der Waals surface area contributed by atoms with E-state index >= 15 is 0 Å². The molecule has 3 heteroatoms. The van der Waals surface area contributed by atoms with Crippen molar-refractivity contribution in [3.05, 3.63) is 35.9 Å². The van der Waals surface area contributed by atoms with Crippen LogP contribution in [0.4, 0.5) is 0 Å². The molecule has 0 aliphatic carbocycles. The topological polar surface area (TPSA) is 50.1 Å². The van der Waals surface area contributed by atoms with Gasteiger partial charge in [-0.3, -0.25) is 4.79 Å². The Morgan fingerprint density at radius 3 is 2.44 bits per heavy atom. The molecule has 0 aromatic heterocycles. The highest BCUT2D eigenvalue weighted by atomic mass is 16.5. The van der Waals surface area contributed by atoms with E-state index in [2.05, 4.69) is 6.07 Å². The first kappa shape index (κ1) is 12.3. The molecule has 0 saturated carbocycles. The van der Waals surface area contributed by atoms with E-state index in [0.717, 1.165) is 5.56 Å². The lowest BCUT2D eigenvalue weighted by Gasteiger charge is -2.28. The third-order valence-corrected chi connectivity index (χ3v) is 2.76. The predicted molar refractivity (Wildman–Crippen MR) is 60.6 cm³/mol. The highest BCUT2D eigenvalue weighted by molar-refractivity contribution is 5.66. The fourth-order valence-corrected chi connectivity index (χ4v) is 1.54. The molecule has 1 aromatic carbocycles. The zero-order chi connectivity index (χ0) is 12.2. The first-order valence-electron chi connectivity index (χ1n) is 5.14. The molecule has 0 N–H and O–H groups in total. The van der Waals surface area contributed by atoms with Crippen LogP contribution in [0, 0.1) is 11.3 Å². The van der Waals surface area contributed by atoms with Crippen LogP contribution in [0.3, 0.4) is 0 Å². The van der Waals surface area contributed by atoms with Crippen LogP contribution in [0.5, 0.6) is 0 Å². The molecular weight excluding hydrogens is 202 g/mol. The summed E-state index contributed by atoms with van der Waals surface area (Å²) in [5.41, 5.74) is 0.0404. The molecule has 0 fully saturated rings. The van der Waals surface area contributed by atoms with Gasteiger partial charge in [0.2, 0.25) is 0 Å². The largest absolute Gasteiger partial charge is 0.461 e. The Balaban J connectivity index is 3.04. The van der Waals surface area contributed by atoms with Crippen LogP contribution in [0.25, 0.3) is 0 Å². The molecule has 84 valence electrons. The third kappa shape index (κ3) is 2.40. The quantitative estimate of drug-likeness (QED) is 0.730. The first-order chi connectivity index (χ1) is 7.50. The van der Waals surface area contributed by atoms with Crippen molar-refractivity contribution in [2.45, 2.75) is 32.3 Å². The molecule has 3 nitrogen and oxygen atoms in total. The monoisotopic (exact) mass is 217 g/mol. The minimum atomic E-state index is -0.813. The van der Waals surface area contributed by atoms with E-state index in [1.54, 1.807) is 13.8 Å². The van der Waals surface area contributed by atoms with Crippen molar-refractivity contribution in [3.63, 3.8) is 0 Å². The lowest BCUT2D eigenvalue weighted by Crippen LogP contribution is -2.36. The summed E-state index contributed by atoms with van der Waals surface area (Å²) in [5, 5.41) is 9.28. The van der Waals surface area contributed by atoms with Crippen LogP contribution in [0.1, 0.15) is 26.3 Å². The second-order valence-electron chi connectivity index (χ2n) is 3.93. The summed E-state index contributed by atoms with van der Waals surface area (Å²) in [4.78, 5) is 10.9. The highest BCUT2D eigenvalue weighted by Gasteiger charge is 2.35. The van der Waals surface area contributed by atoms with Gasteiger partial charge in [-0.15, -0.1) is 0 Å². The van der Waals surface area contributed by atoms with E-state index in [4.69, 9.17) is 4.74 Å². The minimum Gasteiger partial charge on any atom is -0.461 e. The van der Waals surface area contributed by atoms with Crippen molar-refractivity contribution in [1.82, 2.24) is 0 Å². The van der Waals surface area contributed by atoms with Crippen molar-refractivity contribution in [3.8, 4) is 6.07 Å². The third-order valence-electron chi connectivity index (χ3n) is 2.76. The lowest BCUT2D eigenvalue weighted by atomic mass is 9.79. The van der Waals surface area contributed by atoms with Gasteiger partial charge in [-0.05, 0) is 19.4 Å². The van der Waals surface area contributed by atoms with Gasteiger partial charge in [0.25, 0.3) is 0 Å². The van der Waals surface area contributed by atoms with Crippen LogP contribution >= 0.6 is 0 Å². The molecule has 0 aliphatic rings. The maximum absolute atomic E-state index is 10.9. The van der Waals surface area contributed by atoms with Gasteiger partial charge in [0, 0.05) is 6.92 Å². The summed E-state index contributed by atoms with van der Waals surface area (Å²) in [6.45, 7) is 4.85. The SMILES string of the molecule is CC(=O)OC(C)C(C)(C#N)c1ccccc1. The van der Waals surface area contributed by atoms with Gasteiger partial charge in [0.15, 0.2) is 0 Å². The van der Waals surface area contributed by atoms with Crippen LogP contribution in [0.15, 0.2) is 30.3 Å². The summed E-state index contributed by atoms with van der Waals surface area (Å²) in [6, 6.07) is 11.6. The van der Waals surface area contributed by atoms with Gasteiger partial charge in [-0.1, -0.05) is 30.3 Å². The van der Waals surface area contributed by atoms with Gasteiger partial charge in [-0.25, -0.2) is 0 Å². The molecule has 1 aromatic rings. The summed E-state index contributed by atoms with van der Waals surface area (Å²) in [5.74, 6) is -0.370. The number of benzene rings is 1. The molecule has 0 saturated heterocycles. The Kier molecular flexibility index (Phi) is 3.68. The molecule has 0 heterocycles. The number of nitrogens with zero attached hydrogens (tertiary/aromatic N) is 1. The van der Waals surface area contributed by atoms with Crippen LogP contribution in [-0.2, 0) is 14.9 Å². The van der Waals surface area contributed by atoms with Crippen LogP contribution < -0.4 is 0 Å². The lowest BCUT2D eigenvalue weighted by molar-refractivity contribution is -0.147. The molecule has 2 atom stereocenters. The highest BCUT2D eigenvalue weighted by Crippen LogP contribution is 2.28. The van der Waals surface area contributed by atoms with E-state index in [0.29, 0.717) is 0 Å². The fraction of sp³-hybridized carbons (Fsp3) is 0.385. The number of ether oxygens (including phenoxy) is 1. The summed E-state index contributed by atoms with van der Waals surface area (Å²) in [7, 11) is 0. The smallest absolute Gasteiger partial charge is 0.302 e. The Morgan fingerprint density at radius 2 is 2.00 bits per heavy atom. The second-order valence-corrected chi connectivity index (χ2v) is 3.93. The Morgan fingerprint density at radius 1 is 1.44 bits per heavy atom. The number of esters is 1. The second kappa shape index (κ2) is 4.80. The molecule has 0 amide bonds. The van der Waals surface area contributed by atoms with Gasteiger partial charge >= 0.3 is 5.97 Å². The van der Waals surface area contributed by atoms with E-state index in [1.807, 2.05) is 30.3 Å². The van der Waals surface area contributed by atoms with Crippen LogP contribution in [-0.4, -0.2) is 12.1 Å². The fourth-order valence-electron chi connectivity index (χ4n) is 1.54. The van der Waals surface area contributed by atoms with Gasteiger partial charge < -0.3 is 4.74 Å². The maximum Gasteiger partial charge on any atom is 0.302 e. The van der Waals surface area contributed by atoms with Gasteiger partial charge in [0.05, 0.1) is 6.07 Å². The van der Waals surface area contributed by atoms with E-state index in [1.165, 1.54) is 6.92 Å². The minimum absolute atomic E-state index is 0.370. The molecule has 0 bridgehead atoms. The normalized spacial score (nSPS) is 15.6. The zero-order valence-electron chi connectivity index (χ0n) is 9.73. The van der Waals surface area contributed by atoms with Gasteiger partial charge in [-0.2, -0.15) is 5.26 Å². The number of rotatable bonds is 3. The summed E-state index contributed by atoms with van der Waals surface area (Å²) < 4.78 is 5.10. The van der Waals surface area contributed by atoms with E-state index in [9.17, 15) is 10.1 Å². The Labute approximate surface area is 95.7 Å². The van der Waals surface area contributed by atoms with E-state index in [-0.39, 0.29) is 5.97 Å². The maximum atomic E-state index is 10.9. The summed E-state index contributed by atoms with van der Waals surface area (Å²) >= 11 is 0. The number of hydrogen-bond donors (Lipinski definition) is 0. The zero-order valence-corrected chi connectivity index (χ0v) is 9.73. The van der Waals surface area contributed by atoms with Crippen molar-refractivity contribution < 1.29 is 9.53 Å². The number of carbonyl (C=O) groups is 1. The Bertz CT molecular complexity index is 408. The van der Waals surface area contributed by atoms with Gasteiger partial charge in [0.1, 0.15) is 11.5 Å². The summed E-state index contributed by atoms with van der Waals surface area (Å²) in [6.07, 6.45) is -0.475. The van der Waals surface area contributed by atoms with Crippen molar-refractivity contribution in [2.75, 3.05) is 0 Å². The molecular formula is C13H15NO2. The van der Waals surface area contributed by atoms with Crippen molar-refractivity contribution in [2.24, 2.45) is 0 Å². The molecule has 2 unspecified atom stereocenters. The average Bonchev–Trinajstić information content (AvgIpc) is 2.28. The first-order valence-corrected chi connectivity index (χ1v) is 5.14. The molecule has 1 rings (SSSR count). The molecule has 0 spiro atoms.